The molecule has 0 radical (unpaired) electrons. The summed E-state index contributed by atoms with van der Waals surface area (Å²) in [5, 5.41) is 10.8. The van der Waals surface area contributed by atoms with E-state index < -0.39 is 0 Å². The van der Waals surface area contributed by atoms with Crippen molar-refractivity contribution in [2.75, 3.05) is 0 Å². The lowest BCUT2D eigenvalue weighted by Gasteiger charge is -2.26. The lowest BCUT2D eigenvalue weighted by atomic mass is 9.79. The number of phenols is 1. The number of hydrogen-bond donors (Lipinski definition) is 1. The molecule has 2 aromatic rings. The smallest absolute Gasteiger partial charge is 0.152 e. The Morgan fingerprint density at radius 1 is 0.920 bits per heavy atom. The van der Waals surface area contributed by atoms with Gasteiger partial charge >= 0.3 is 0 Å². The van der Waals surface area contributed by atoms with E-state index in [-0.39, 0.29) is 10.8 Å². The topological polar surface area (TPSA) is 45.5 Å². The van der Waals surface area contributed by atoms with Gasteiger partial charge in [-0.05, 0) is 54.0 Å². The Balaban J connectivity index is 2.58. The second kappa shape index (κ2) is 6.62. The van der Waals surface area contributed by atoms with E-state index in [9.17, 15) is 5.11 Å². The molecule has 134 valence electrons. The normalized spacial score (nSPS) is 12.8. The van der Waals surface area contributed by atoms with Crippen LogP contribution < -0.4 is 0 Å². The monoisotopic (exact) mass is 338 g/mol. The van der Waals surface area contributed by atoms with Gasteiger partial charge in [-0.15, -0.1) is 0 Å². The van der Waals surface area contributed by atoms with Crippen LogP contribution >= 0.6 is 0 Å². The molecule has 3 heteroatoms. The van der Waals surface area contributed by atoms with Crippen LogP contribution in [0, 0.1) is 13.8 Å². The van der Waals surface area contributed by atoms with Gasteiger partial charge in [0.25, 0.3) is 0 Å². The van der Waals surface area contributed by atoms with Crippen molar-refractivity contribution in [2.24, 2.45) is 4.99 Å². The minimum Gasteiger partial charge on any atom is -0.507 e. The highest BCUT2D eigenvalue weighted by Gasteiger charge is 2.24. The largest absolute Gasteiger partial charge is 0.507 e. The summed E-state index contributed by atoms with van der Waals surface area (Å²) in [4.78, 5) is 8.95. The highest BCUT2D eigenvalue weighted by molar-refractivity contribution is 5.86. The molecule has 0 saturated heterocycles. The quantitative estimate of drug-likeness (QED) is 0.709. The van der Waals surface area contributed by atoms with Crippen LogP contribution in [0.5, 0.6) is 5.75 Å². The maximum Gasteiger partial charge on any atom is 0.152 e. The third-order valence-corrected chi connectivity index (χ3v) is 4.23. The van der Waals surface area contributed by atoms with Crippen LogP contribution in [0.25, 0.3) is 0 Å². The highest BCUT2D eigenvalue weighted by Crippen LogP contribution is 2.37. The summed E-state index contributed by atoms with van der Waals surface area (Å²) < 4.78 is 0. The molecule has 25 heavy (non-hydrogen) atoms. The third-order valence-electron chi connectivity index (χ3n) is 4.23. The number of aromatic nitrogens is 1. The SMILES string of the molecule is Cc1cc(C)nc(/N=C/c2cc(C(C)(C)C)cc(C(C)(C)C)c2O)c1. The van der Waals surface area contributed by atoms with E-state index in [1.54, 1.807) is 6.21 Å². The molecule has 0 aliphatic rings. The molecular formula is C22H30N2O. The summed E-state index contributed by atoms with van der Waals surface area (Å²) >= 11 is 0. The van der Waals surface area contributed by atoms with Gasteiger partial charge in [0.05, 0.1) is 0 Å². The zero-order valence-electron chi connectivity index (χ0n) is 16.7. The van der Waals surface area contributed by atoms with Gasteiger partial charge in [-0.3, -0.25) is 0 Å². The molecule has 2 rings (SSSR count). The number of aryl methyl sites for hydroxylation is 2. The molecule has 1 aromatic carbocycles. The number of rotatable bonds is 2. The first-order valence-corrected chi connectivity index (χ1v) is 8.75. The Bertz CT molecular complexity index is 786. The van der Waals surface area contributed by atoms with Gasteiger partial charge in [0.2, 0.25) is 0 Å². The van der Waals surface area contributed by atoms with Crippen LogP contribution in [0.4, 0.5) is 5.82 Å². The molecule has 0 fully saturated rings. The Hall–Kier alpha value is -2.16. The third kappa shape index (κ3) is 4.68. The minimum atomic E-state index is -0.147. The maximum absolute atomic E-state index is 10.8. The predicted molar refractivity (Wildman–Crippen MR) is 106 cm³/mol. The molecule has 1 aromatic heterocycles. The van der Waals surface area contributed by atoms with Gasteiger partial charge in [0, 0.05) is 23.0 Å². The van der Waals surface area contributed by atoms with E-state index >= 15 is 0 Å². The highest BCUT2D eigenvalue weighted by atomic mass is 16.3. The van der Waals surface area contributed by atoms with Crippen molar-refractivity contribution in [3.8, 4) is 5.75 Å². The summed E-state index contributed by atoms with van der Waals surface area (Å²) in [5.74, 6) is 0.962. The fourth-order valence-electron chi connectivity index (χ4n) is 2.78. The first-order chi connectivity index (χ1) is 11.4. The predicted octanol–water partition coefficient (Wildman–Crippen LogP) is 5.75. The van der Waals surface area contributed by atoms with Gasteiger partial charge < -0.3 is 5.11 Å². The number of aromatic hydroxyl groups is 1. The number of pyridine rings is 1. The van der Waals surface area contributed by atoms with Crippen molar-refractivity contribution in [2.45, 2.75) is 66.2 Å². The zero-order valence-corrected chi connectivity index (χ0v) is 16.7. The lowest BCUT2D eigenvalue weighted by Crippen LogP contribution is -2.17. The molecule has 0 unspecified atom stereocenters. The molecule has 0 saturated carbocycles. The van der Waals surface area contributed by atoms with Crippen LogP contribution in [-0.2, 0) is 10.8 Å². The molecule has 1 heterocycles. The number of aliphatic imine (C=N–C) groups is 1. The minimum absolute atomic E-state index is 0.00549. The van der Waals surface area contributed by atoms with Crippen molar-refractivity contribution in [3.63, 3.8) is 0 Å². The van der Waals surface area contributed by atoms with Crippen molar-refractivity contribution in [3.05, 3.63) is 52.2 Å². The van der Waals surface area contributed by atoms with E-state index in [0.717, 1.165) is 22.4 Å². The molecule has 1 N–H and O–H groups in total. The van der Waals surface area contributed by atoms with Crippen molar-refractivity contribution < 1.29 is 5.11 Å². The van der Waals surface area contributed by atoms with E-state index in [4.69, 9.17) is 0 Å². The summed E-state index contributed by atoms with van der Waals surface area (Å²) in [6.45, 7) is 16.9. The van der Waals surface area contributed by atoms with E-state index in [1.165, 1.54) is 5.56 Å². The average molecular weight is 338 g/mol. The van der Waals surface area contributed by atoms with Crippen molar-refractivity contribution in [1.29, 1.82) is 0 Å². The Morgan fingerprint density at radius 2 is 1.56 bits per heavy atom. The second-order valence-electron chi connectivity index (χ2n) is 8.86. The average Bonchev–Trinajstić information content (AvgIpc) is 2.42. The van der Waals surface area contributed by atoms with Gasteiger partial charge in [0.15, 0.2) is 5.82 Å². The molecule has 0 atom stereocenters. The van der Waals surface area contributed by atoms with Gasteiger partial charge in [-0.1, -0.05) is 47.6 Å². The Kier molecular flexibility index (Phi) is 5.08. The molecule has 0 bridgehead atoms. The van der Waals surface area contributed by atoms with E-state index in [2.05, 4.69) is 57.6 Å². The summed E-state index contributed by atoms with van der Waals surface area (Å²) in [5.41, 5.74) is 4.77. The molecular weight excluding hydrogens is 308 g/mol. The van der Waals surface area contributed by atoms with Gasteiger partial charge in [0.1, 0.15) is 5.75 Å². The van der Waals surface area contributed by atoms with Crippen LogP contribution in [0.1, 0.15) is 69.5 Å². The fourth-order valence-corrected chi connectivity index (χ4v) is 2.78. The van der Waals surface area contributed by atoms with Crippen LogP contribution in [0.2, 0.25) is 0 Å². The van der Waals surface area contributed by atoms with Gasteiger partial charge in [-0.2, -0.15) is 0 Å². The van der Waals surface area contributed by atoms with Crippen molar-refractivity contribution >= 4 is 12.0 Å². The van der Waals surface area contributed by atoms with E-state index in [0.29, 0.717) is 11.6 Å². The molecule has 0 aliphatic carbocycles. The number of phenolic OH excluding ortho intramolecular Hbond substituents is 1. The summed E-state index contributed by atoms with van der Waals surface area (Å²) in [7, 11) is 0. The van der Waals surface area contributed by atoms with Crippen LogP contribution in [0.15, 0.2) is 29.3 Å². The van der Waals surface area contributed by atoms with E-state index in [1.807, 2.05) is 32.0 Å². The molecule has 0 aliphatic heterocycles. The summed E-state index contributed by atoms with van der Waals surface area (Å²) in [6.07, 6.45) is 1.72. The van der Waals surface area contributed by atoms with Crippen molar-refractivity contribution in [1.82, 2.24) is 4.98 Å². The Morgan fingerprint density at radius 3 is 2.08 bits per heavy atom. The second-order valence-corrected chi connectivity index (χ2v) is 8.86. The molecule has 0 spiro atoms. The number of hydrogen-bond acceptors (Lipinski definition) is 3. The standard InChI is InChI=1S/C22H30N2O/c1-14-9-15(2)24-19(10-14)23-13-16-11-17(21(3,4)5)12-18(20(16)25)22(6,7)8/h9-13,25H,1-8H3/b23-13+. The summed E-state index contributed by atoms with van der Waals surface area (Å²) in [6, 6.07) is 8.10. The number of benzene rings is 1. The van der Waals surface area contributed by atoms with Crippen LogP contribution in [-0.4, -0.2) is 16.3 Å². The number of nitrogens with zero attached hydrogens (tertiary/aromatic N) is 2. The maximum atomic E-state index is 10.8. The lowest BCUT2D eigenvalue weighted by molar-refractivity contribution is 0.444. The van der Waals surface area contributed by atoms with Gasteiger partial charge in [-0.25, -0.2) is 9.98 Å². The van der Waals surface area contributed by atoms with Crippen LogP contribution in [0.3, 0.4) is 0 Å². The fraction of sp³-hybridized carbons (Fsp3) is 0.455. The first kappa shape index (κ1) is 19.2. The first-order valence-electron chi connectivity index (χ1n) is 8.75. The molecule has 3 nitrogen and oxygen atoms in total. The zero-order chi connectivity index (χ0) is 19.0. The molecule has 0 amide bonds. The Labute approximate surface area is 151 Å².